The van der Waals surface area contributed by atoms with Crippen molar-refractivity contribution in [2.75, 3.05) is 0 Å². The Bertz CT molecular complexity index is 713. The van der Waals surface area contributed by atoms with Gasteiger partial charge in [0.25, 0.3) is 0 Å². The summed E-state index contributed by atoms with van der Waals surface area (Å²) >= 11 is 7.21. The Morgan fingerprint density at radius 3 is 2.79 bits per heavy atom. The van der Waals surface area contributed by atoms with Gasteiger partial charge in [-0.25, -0.2) is 11.3 Å². The van der Waals surface area contributed by atoms with Crippen LogP contribution in [-0.2, 0) is 4.79 Å². The summed E-state index contributed by atoms with van der Waals surface area (Å²) in [7, 11) is 0. The molecule has 0 aliphatic rings. The maximum Gasteiger partial charge on any atom is 1.00 e. The third-order valence-electron chi connectivity index (χ3n) is 2.33. The minimum Gasteiger partial charge on any atom is -0.870 e. The molecule has 2 heterocycles. The van der Waals surface area contributed by atoms with Crippen LogP contribution in [0.4, 0.5) is 0 Å². The van der Waals surface area contributed by atoms with Crippen molar-refractivity contribution in [1.29, 1.82) is 0 Å². The van der Waals surface area contributed by atoms with E-state index < -0.39 is 0 Å². The van der Waals surface area contributed by atoms with Crippen LogP contribution in [0.25, 0.3) is 16.0 Å². The number of hydrogen-bond acceptors (Lipinski definition) is 5. The van der Waals surface area contributed by atoms with Crippen LogP contribution >= 0.6 is 22.9 Å². The first kappa shape index (κ1) is 16.9. The van der Waals surface area contributed by atoms with E-state index in [4.69, 9.17) is 11.6 Å². The third kappa shape index (κ3) is 3.31. The van der Waals surface area contributed by atoms with Gasteiger partial charge < -0.3 is 10.3 Å². The molecule has 19 heavy (non-hydrogen) atoms. The van der Waals surface area contributed by atoms with Crippen LogP contribution in [0.15, 0.2) is 30.7 Å². The van der Waals surface area contributed by atoms with Crippen molar-refractivity contribution in [2.45, 2.75) is 0 Å². The SMILES string of the molecule is O=[C-]c1ncc(-n2cnc3ccc(Cl)cc32)s1.[K+].[OH-]. The number of halogens is 1. The van der Waals surface area contributed by atoms with Gasteiger partial charge in [0.2, 0.25) is 0 Å². The molecule has 5 nitrogen and oxygen atoms in total. The fraction of sp³-hybridized carbons (Fsp3) is 0. The molecular weight excluding hydrogens is 313 g/mol. The predicted molar refractivity (Wildman–Crippen MR) is 68.5 cm³/mol. The predicted octanol–water partition coefficient (Wildman–Crippen LogP) is -0.580. The third-order valence-corrected chi connectivity index (χ3v) is 3.46. The normalized spacial score (nSPS) is 9.74. The maximum atomic E-state index is 10.5. The summed E-state index contributed by atoms with van der Waals surface area (Å²) < 4.78 is 1.85. The zero-order chi connectivity index (χ0) is 11.8. The van der Waals surface area contributed by atoms with Gasteiger partial charge in [-0.15, -0.1) is 11.3 Å². The van der Waals surface area contributed by atoms with E-state index in [0.717, 1.165) is 16.0 Å². The van der Waals surface area contributed by atoms with Crippen molar-refractivity contribution in [3.8, 4) is 5.00 Å². The molecule has 0 radical (unpaired) electrons. The molecule has 2 aromatic heterocycles. The molecule has 92 valence electrons. The number of rotatable bonds is 2. The smallest absolute Gasteiger partial charge is 0.870 e. The van der Waals surface area contributed by atoms with Crippen LogP contribution in [0.1, 0.15) is 5.01 Å². The van der Waals surface area contributed by atoms with Crippen molar-refractivity contribution in [1.82, 2.24) is 14.5 Å². The standard InChI is InChI=1S/C11H5ClN3OS.K.H2O/c12-7-1-2-8-9(3-7)15(6-14-8)11-4-13-10(5-16)17-11;;/h1-4,6H;;1H2/q-1;+1;/p-1. The molecule has 0 saturated heterocycles. The average Bonchev–Trinajstić information content (AvgIpc) is 2.93. The van der Waals surface area contributed by atoms with Gasteiger partial charge in [-0.3, -0.25) is 9.55 Å². The number of imidazole rings is 1. The first-order valence-corrected chi connectivity index (χ1v) is 5.94. The van der Waals surface area contributed by atoms with Crippen molar-refractivity contribution in [3.63, 3.8) is 0 Å². The van der Waals surface area contributed by atoms with E-state index in [1.807, 2.05) is 16.7 Å². The molecular formula is C11H6ClKN3O2S-. The second-order valence-corrected chi connectivity index (χ2v) is 4.80. The largest absolute Gasteiger partial charge is 1.00 e. The molecule has 3 rings (SSSR count). The van der Waals surface area contributed by atoms with Gasteiger partial charge in [-0.1, -0.05) is 11.6 Å². The summed E-state index contributed by atoms with van der Waals surface area (Å²) in [4.78, 5) is 18.7. The van der Waals surface area contributed by atoms with Gasteiger partial charge in [-0.05, 0) is 23.2 Å². The summed E-state index contributed by atoms with van der Waals surface area (Å²) in [5, 5.41) is 1.78. The topological polar surface area (TPSA) is 77.8 Å². The van der Waals surface area contributed by atoms with Crippen LogP contribution in [-0.4, -0.2) is 26.3 Å². The molecule has 1 aromatic carbocycles. The summed E-state index contributed by atoms with van der Waals surface area (Å²) in [6.45, 7) is 0. The van der Waals surface area contributed by atoms with E-state index >= 15 is 0 Å². The quantitative estimate of drug-likeness (QED) is 0.468. The molecule has 0 aliphatic heterocycles. The molecule has 0 fully saturated rings. The molecule has 1 N–H and O–H groups in total. The Hall–Kier alpha value is -0.124. The number of nitrogens with zero attached hydrogens (tertiary/aromatic N) is 3. The monoisotopic (exact) mass is 318 g/mol. The zero-order valence-corrected chi connectivity index (χ0v) is 14.6. The van der Waals surface area contributed by atoms with Gasteiger partial charge in [0.05, 0.1) is 17.2 Å². The van der Waals surface area contributed by atoms with E-state index in [9.17, 15) is 4.79 Å². The fourth-order valence-corrected chi connectivity index (χ4v) is 2.44. The van der Waals surface area contributed by atoms with Crippen molar-refractivity contribution in [3.05, 3.63) is 40.8 Å². The molecule has 0 unspecified atom stereocenters. The molecule has 0 amide bonds. The van der Waals surface area contributed by atoms with Crippen LogP contribution < -0.4 is 51.4 Å². The van der Waals surface area contributed by atoms with Crippen molar-refractivity contribution >= 4 is 40.3 Å². The van der Waals surface area contributed by atoms with Gasteiger partial charge in [-0.2, -0.15) is 0 Å². The Morgan fingerprint density at radius 2 is 2.11 bits per heavy atom. The number of fused-ring (bicyclic) bond motifs is 1. The Kier molecular flexibility index (Phi) is 6.28. The number of hydrogen-bond donors (Lipinski definition) is 0. The molecule has 0 saturated carbocycles. The maximum absolute atomic E-state index is 10.5. The van der Waals surface area contributed by atoms with Crippen molar-refractivity contribution < 1.29 is 61.7 Å². The number of carbonyl (C=O) groups excluding carboxylic acids is 1. The van der Waals surface area contributed by atoms with Crippen LogP contribution in [0, 0.1) is 0 Å². The number of aromatic nitrogens is 3. The van der Waals surface area contributed by atoms with E-state index in [1.54, 1.807) is 24.9 Å². The zero-order valence-electron chi connectivity index (χ0n) is 9.87. The van der Waals surface area contributed by atoms with E-state index in [-0.39, 0.29) is 56.9 Å². The van der Waals surface area contributed by atoms with Gasteiger partial charge >= 0.3 is 51.4 Å². The van der Waals surface area contributed by atoms with Crippen LogP contribution in [0.3, 0.4) is 0 Å². The van der Waals surface area contributed by atoms with Gasteiger partial charge in [0.1, 0.15) is 11.3 Å². The molecule has 0 spiro atoms. The van der Waals surface area contributed by atoms with Crippen LogP contribution in [0.5, 0.6) is 0 Å². The second kappa shape index (κ2) is 7.05. The minimum absolute atomic E-state index is 0. The first-order valence-electron chi connectivity index (χ1n) is 4.75. The average molecular weight is 319 g/mol. The summed E-state index contributed by atoms with van der Waals surface area (Å²) in [6.07, 6.45) is 5.07. The summed E-state index contributed by atoms with van der Waals surface area (Å²) in [6, 6.07) is 5.47. The Balaban J connectivity index is 0.000000902. The van der Waals surface area contributed by atoms with E-state index in [2.05, 4.69) is 9.97 Å². The van der Waals surface area contributed by atoms with Crippen molar-refractivity contribution in [2.24, 2.45) is 0 Å². The Labute approximate surface area is 160 Å². The fourth-order valence-electron chi connectivity index (χ4n) is 1.58. The molecule has 0 atom stereocenters. The molecule has 0 bridgehead atoms. The van der Waals surface area contributed by atoms with E-state index in [1.165, 1.54) is 11.3 Å². The molecule has 8 heteroatoms. The number of thiazole rings is 1. The summed E-state index contributed by atoms with van der Waals surface area (Å²) in [5.74, 6) is 0. The molecule has 3 aromatic rings. The van der Waals surface area contributed by atoms with Gasteiger partial charge in [0.15, 0.2) is 0 Å². The van der Waals surface area contributed by atoms with E-state index in [0.29, 0.717) is 10.0 Å². The second-order valence-electron chi connectivity index (χ2n) is 3.35. The van der Waals surface area contributed by atoms with Gasteiger partial charge in [0, 0.05) is 5.02 Å². The minimum atomic E-state index is 0. The summed E-state index contributed by atoms with van der Waals surface area (Å²) in [5.41, 5.74) is 1.73. The Morgan fingerprint density at radius 1 is 1.32 bits per heavy atom. The first-order chi connectivity index (χ1) is 8.28. The van der Waals surface area contributed by atoms with Crippen LogP contribution in [0.2, 0.25) is 5.02 Å². The number of benzene rings is 1. The molecule has 0 aliphatic carbocycles.